The van der Waals surface area contributed by atoms with Gasteiger partial charge in [-0.05, 0) is 74.0 Å². The fourth-order valence-corrected chi connectivity index (χ4v) is 4.31. The SMILES string of the molecule is O=C1CCc2cc(OCC(O)CN3CCC(Cc4ccccc4)CC3)ccc2N1. The summed E-state index contributed by atoms with van der Waals surface area (Å²) in [5.74, 6) is 1.55. The van der Waals surface area contributed by atoms with Crippen LogP contribution in [0.2, 0.25) is 0 Å². The van der Waals surface area contributed by atoms with Gasteiger partial charge in [-0.15, -0.1) is 0 Å². The van der Waals surface area contributed by atoms with Crippen LogP contribution in [0.25, 0.3) is 0 Å². The number of benzene rings is 2. The Kier molecular flexibility index (Phi) is 6.47. The van der Waals surface area contributed by atoms with Crippen molar-refractivity contribution in [1.29, 1.82) is 0 Å². The van der Waals surface area contributed by atoms with Gasteiger partial charge in [0.05, 0.1) is 0 Å². The number of anilines is 1. The van der Waals surface area contributed by atoms with E-state index in [0.717, 1.165) is 48.8 Å². The van der Waals surface area contributed by atoms with Crippen molar-refractivity contribution in [1.82, 2.24) is 4.90 Å². The van der Waals surface area contributed by atoms with E-state index in [4.69, 9.17) is 4.74 Å². The smallest absolute Gasteiger partial charge is 0.224 e. The van der Waals surface area contributed by atoms with Crippen molar-refractivity contribution in [2.45, 2.75) is 38.2 Å². The Balaban J connectivity index is 1.19. The van der Waals surface area contributed by atoms with Gasteiger partial charge >= 0.3 is 0 Å². The Morgan fingerprint density at radius 1 is 1.10 bits per heavy atom. The van der Waals surface area contributed by atoms with Crippen molar-refractivity contribution in [3.05, 3.63) is 59.7 Å². The second-order valence-electron chi connectivity index (χ2n) is 8.27. The average Bonchev–Trinajstić information content (AvgIpc) is 2.74. The van der Waals surface area contributed by atoms with E-state index in [2.05, 4.69) is 40.5 Å². The van der Waals surface area contributed by atoms with Gasteiger partial charge in [-0.25, -0.2) is 0 Å². The van der Waals surface area contributed by atoms with Crippen LogP contribution in [0.5, 0.6) is 5.75 Å². The summed E-state index contributed by atoms with van der Waals surface area (Å²) in [5.41, 5.74) is 3.38. The van der Waals surface area contributed by atoms with Gasteiger partial charge in [0.2, 0.25) is 5.91 Å². The predicted molar refractivity (Wildman–Crippen MR) is 114 cm³/mol. The molecule has 1 fully saturated rings. The second kappa shape index (κ2) is 9.42. The van der Waals surface area contributed by atoms with Gasteiger partial charge in [-0.3, -0.25) is 4.79 Å². The normalized spacial score (nSPS) is 18.7. The maximum atomic E-state index is 11.4. The molecule has 1 atom stereocenters. The lowest BCUT2D eigenvalue weighted by molar-refractivity contribution is -0.116. The molecule has 2 aromatic carbocycles. The minimum atomic E-state index is -0.503. The van der Waals surface area contributed by atoms with Gasteiger partial charge in [0.1, 0.15) is 18.5 Å². The molecule has 2 heterocycles. The van der Waals surface area contributed by atoms with Crippen LogP contribution in [0, 0.1) is 5.92 Å². The van der Waals surface area contributed by atoms with Crippen LogP contribution in [0.4, 0.5) is 5.69 Å². The van der Waals surface area contributed by atoms with Crippen LogP contribution in [0.1, 0.15) is 30.4 Å². The molecular formula is C24H30N2O3. The molecule has 5 nitrogen and oxygen atoms in total. The second-order valence-corrected chi connectivity index (χ2v) is 8.27. The van der Waals surface area contributed by atoms with E-state index in [9.17, 15) is 9.90 Å². The van der Waals surface area contributed by atoms with Crippen LogP contribution in [-0.2, 0) is 17.6 Å². The molecule has 1 saturated heterocycles. The number of β-amino-alcohol motifs (C(OH)–C–C–N with tert-alkyl or cyclic N) is 1. The van der Waals surface area contributed by atoms with Gasteiger partial charge in [-0.1, -0.05) is 30.3 Å². The molecule has 2 aliphatic rings. The first-order chi connectivity index (χ1) is 14.2. The van der Waals surface area contributed by atoms with E-state index in [1.807, 2.05) is 18.2 Å². The summed E-state index contributed by atoms with van der Waals surface area (Å²) >= 11 is 0. The number of piperidine rings is 1. The highest BCUT2D eigenvalue weighted by Gasteiger charge is 2.22. The van der Waals surface area contributed by atoms with E-state index >= 15 is 0 Å². The van der Waals surface area contributed by atoms with Gasteiger partial charge in [0.25, 0.3) is 0 Å². The highest BCUT2D eigenvalue weighted by atomic mass is 16.5. The maximum absolute atomic E-state index is 11.4. The maximum Gasteiger partial charge on any atom is 0.224 e. The van der Waals surface area contributed by atoms with Gasteiger partial charge in [-0.2, -0.15) is 0 Å². The fraction of sp³-hybridized carbons (Fsp3) is 0.458. The standard InChI is InChI=1S/C24H30N2O3/c27-21(17-29-22-7-8-23-20(15-22)6-9-24(28)25-23)16-26-12-10-19(11-13-26)14-18-4-2-1-3-5-18/h1-5,7-8,15,19,21,27H,6,9-14,16-17H2,(H,25,28). The molecule has 2 N–H and O–H groups in total. The summed E-state index contributed by atoms with van der Waals surface area (Å²) in [6.07, 6.45) is 4.26. The molecular weight excluding hydrogens is 364 g/mol. The number of likely N-dealkylation sites (tertiary alicyclic amines) is 1. The third-order valence-corrected chi connectivity index (χ3v) is 5.96. The lowest BCUT2D eigenvalue weighted by Gasteiger charge is -2.33. The number of aliphatic hydroxyl groups is 1. The van der Waals surface area contributed by atoms with Crippen LogP contribution in [0.3, 0.4) is 0 Å². The molecule has 154 valence electrons. The number of aryl methyl sites for hydroxylation is 1. The quantitative estimate of drug-likeness (QED) is 0.757. The van der Waals surface area contributed by atoms with Crippen LogP contribution >= 0.6 is 0 Å². The number of nitrogens with zero attached hydrogens (tertiary/aromatic N) is 1. The number of fused-ring (bicyclic) bond motifs is 1. The summed E-state index contributed by atoms with van der Waals surface area (Å²) in [6, 6.07) is 16.4. The third kappa shape index (κ3) is 5.58. The van der Waals surface area contributed by atoms with Crippen molar-refractivity contribution in [2.75, 3.05) is 31.6 Å². The Hall–Kier alpha value is -2.37. The van der Waals surface area contributed by atoms with Gasteiger partial charge in [0, 0.05) is 18.7 Å². The molecule has 2 aromatic rings. The molecule has 0 aliphatic carbocycles. The molecule has 29 heavy (non-hydrogen) atoms. The zero-order valence-corrected chi connectivity index (χ0v) is 16.8. The van der Waals surface area contributed by atoms with E-state index < -0.39 is 6.10 Å². The molecule has 0 spiro atoms. The Morgan fingerprint density at radius 2 is 1.90 bits per heavy atom. The van der Waals surface area contributed by atoms with Crippen molar-refractivity contribution in [3.8, 4) is 5.75 Å². The van der Waals surface area contributed by atoms with Gasteiger partial charge < -0.3 is 20.1 Å². The van der Waals surface area contributed by atoms with Crippen LogP contribution in [0.15, 0.2) is 48.5 Å². The van der Waals surface area contributed by atoms with Crippen molar-refractivity contribution in [3.63, 3.8) is 0 Å². The lowest BCUT2D eigenvalue weighted by Crippen LogP contribution is -2.41. The third-order valence-electron chi connectivity index (χ3n) is 5.96. The summed E-state index contributed by atoms with van der Waals surface area (Å²) in [5, 5.41) is 13.3. The molecule has 0 bridgehead atoms. The van der Waals surface area contributed by atoms with Crippen LogP contribution in [-0.4, -0.2) is 48.3 Å². The van der Waals surface area contributed by atoms with Crippen molar-refractivity contribution < 1.29 is 14.6 Å². The number of amides is 1. The summed E-state index contributed by atoms with van der Waals surface area (Å²) < 4.78 is 5.81. The summed E-state index contributed by atoms with van der Waals surface area (Å²) in [7, 11) is 0. The zero-order chi connectivity index (χ0) is 20.1. The van der Waals surface area contributed by atoms with Gasteiger partial charge in [0.15, 0.2) is 0 Å². The monoisotopic (exact) mass is 394 g/mol. The highest BCUT2D eigenvalue weighted by Crippen LogP contribution is 2.27. The van der Waals surface area contributed by atoms with Crippen molar-refractivity contribution in [2.24, 2.45) is 5.92 Å². The number of hydrogen-bond acceptors (Lipinski definition) is 4. The van der Waals surface area contributed by atoms with E-state index in [1.54, 1.807) is 0 Å². The number of aliphatic hydroxyl groups excluding tert-OH is 1. The lowest BCUT2D eigenvalue weighted by atomic mass is 9.90. The largest absolute Gasteiger partial charge is 0.491 e. The Labute approximate surface area is 172 Å². The van der Waals surface area contributed by atoms with Crippen LogP contribution < -0.4 is 10.1 Å². The summed E-state index contributed by atoms with van der Waals surface area (Å²) in [4.78, 5) is 13.8. The topological polar surface area (TPSA) is 61.8 Å². The minimum absolute atomic E-state index is 0.0640. The number of nitrogens with one attached hydrogen (secondary N) is 1. The molecule has 1 unspecified atom stereocenters. The number of ether oxygens (including phenoxy) is 1. The van der Waals surface area contributed by atoms with Crippen molar-refractivity contribution >= 4 is 11.6 Å². The zero-order valence-electron chi connectivity index (χ0n) is 16.8. The summed E-state index contributed by atoms with van der Waals surface area (Å²) in [6.45, 7) is 3.01. The number of rotatable bonds is 7. The number of hydrogen-bond donors (Lipinski definition) is 2. The number of carbonyl (C=O) groups excluding carboxylic acids is 1. The molecule has 1 amide bonds. The van der Waals surface area contributed by atoms with E-state index in [1.165, 1.54) is 18.4 Å². The first kappa shape index (κ1) is 19.9. The molecule has 4 rings (SSSR count). The Morgan fingerprint density at radius 3 is 2.69 bits per heavy atom. The molecule has 0 saturated carbocycles. The molecule has 0 radical (unpaired) electrons. The Bertz CT molecular complexity index is 816. The first-order valence-electron chi connectivity index (χ1n) is 10.7. The first-order valence-corrected chi connectivity index (χ1v) is 10.7. The number of carbonyl (C=O) groups is 1. The van der Waals surface area contributed by atoms with E-state index in [-0.39, 0.29) is 12.5 Å². The molecule has 0 aromatic heterocycles. The molecule has 2 aliphatic heterocycles. The highest BCUT2D eigenvalue weighted by molar-refractivity contribution is 5.93. The van der Waals surface area contributed by atoms with E-state index in [0.29, 0.717) is 13.0 Å². The fourth-order valence-electron chi connectivity index (χ4n) is 4.31. The average molecular weight is 395 g/mol. The predicted octanol–water partition coefficient (Wildman–Crippen LogP) is 3.27. The minimum Gasteiger partial charge on any atom is -0.491 e. The molecule has 5 heteroatoms.